The standard InChI is InChI=1S/C28H27F2N5O3/c1-15-9-25(38-14-23-20(30)10-18(29)12-32-23)16(2)26(36)35(15)24-11-22(33-13-19(24)17-5-6-17)21-7-8-31-27(34-21)28(3,4)37/h7-13,17,37H,5-6,14H2,1-4H3. The van der Waals surface area contributed by atoms with Crippen molar-refractivity contribution < 1.29 is 18.6 Å². The van der Waals surface area contributed by atoms with Gasteiger partial charge in [0.15, 0.2) is 11.6 Å². The van der Waals surface area contributed by atoms with Crippen molar-refractivity contribution in [2.75, 3.05) is 0 Å². The molecule has 10 heteroatoms. The van der Waals surface area contributed by atoms with E-state index in [1.165, 1.54) is 0 Å². The number of aliphatic hydroxyl groups is 1. The molecule has 1 saturated carbocycles. The van der Waals surface area contributed by atoms with Crippen molar-refractivity contribution in [1.29, 1.82) is 0 Å². The van der Waals surface area contributed by atoms with E-state index in [0.29, 0.717) is 40.0 Å². The van der Waals surface area contributed by atoms with Crippen LogP contribution < -0.4 is 10.3 Å². The Labute approximate surface area is 218 Å². The smallest absolute Gasteiger partial charge is 0.261 e. The van der Waals surface area contributed by atoms with Gasteiger partial charge in [-0.3, -0.25) is 19.3 Å². The van der Waals surface area contributed by atoms with Crippen LogP contribution in [0.2, 0.25) is 0 Å². The van der Waals surface area contributed by atoms with Gasteiger partial charge in [0.05, 0.1) is 28.8 Å². The lowest BCUT2D eigenvalue weighted by Crippen LogP contribution is -2.25. The quantitative estimate of drug-likeness (QED) is 0.379. The molecule has 4 heterocycles. The molecule has 5 rings (SSSR count). The molecule has 0 spiro atoms. The maximum absolute atomic E-state index is 14.0. The van der Waals surface area contributed by atoms with Gasteiger partial charge in [-0.05, 0) is 64.2 Å². The number of pyridine rings is 3. The molecule has 0 amide bonds. The second kappa shape index (κ2) is 9.68. The predicted octanol–water partition coefficient (Wildman–Crippen LogP) is 4.66. The van der Waals surface area contributed by atoms with Crippen molar-refractivity contribution in [2.45, 2.75) is 58.7 Å². The second-order valence-corrected chi connectivity index (χ2v) is 10.0. The molecule has 4 aromatic heterocycles. The second-order valence-electron chi connectivity index (χ2n) is 10.0. The Morgan fingerprint density at radius 3 is 2.53 bits per heavy atom. The normalized spacial score (nSPS) is 13.6. The molecule has 1 N–H and O–H groups in total. The molecule has 8 nitrogen and oxygen atoms in total. The zero-order chi connectivity index (χ0) is 27.2. The van der Waals surface area contributed by atoms with E-state index < -0.39 is 17.2 Å². The van der Waals surface area contributed by atoms with Crippen LogP contribution in [0.1, 0.15) is 60.9 Å². The van der Waals surface area contributed by atoms with Gasteiger partial charge in [-0.15, -0.1) is 0 Å². The zero-order valence-corrected chi connectivity index (χ0v) is 21.5. The third kappa shape index (κ3) is 5.04. The van der Waals surface area contributed by atoms with Crippen LogP contribution in [-0.4, -0.2) is 29.6 Å². The van der Waals surface area contributed by atoms with Crippen LogP contribution in [0.5, 0.6) is 5.75 Å². The molecule has 0 aliphatic heterocycles. The molecule has 1 aliphatic rings. The molecule has 0 atom stereocenters. The molecular formula is C28H27F2N5O3. The third-order valence-electron chi connectivity index (χ3n) is 6.47. The van der Waals surface area contributed by atoms with E-state index in [-0.39, 0.29) is 23.7 Å². The highest BCUT2D eigenvalue weighted by atomic mass is 19.1. The summed E-state index contributed by atoms with van der Waals surface area (Å²) in [5.41, 5.74) is 2.11. The molecular weight excluding hydrogens is 492 g/mol. The molecule has 38 heavy (non-hydrogen) atoms. The minimum Gasteiger partial charge on any atom is -0.487 e. The summed E-state index contributed by atoms with van der Waals surface area (Å²) in [5.74, 6) is -0.727. The van der Waals surface area contributed by atoms with Crippen molar-refractivity contribution in [3.05, 3.63) is 93.2 Å². The first-order valence-corrected chi connectivity index (χ1v) is 12.3. The lowest BCUT2D eigenvalue weighted by Gasteiger charge is -2.19. The van der Waals surface area contributed by atoms with Gasteiger partial charge in [-0.25, -0.2) is 18.7 Å². The summed E-state index contributed by atoms with van der Waals surface area (Å²) < 4.78 is 34.5. The summed E-state index contributed by atoms with van der Waals surface area (Å²) in [5, 5.41) is 10.3. The van der Waals surface area contributed by atoms with Crippen LogP contribution in [0.25, 0.3) is 17.1 Å². The van der Waals surface area contributed by atoms with Gasteiger partial charge >= 0.3 is 0 Å². The van der Waals surface area contributed by atoms with E-state index in [9.17, 15) is 18.7 Å². The number of hydrogen-bond acceptors (Lipinski definition) is 7. The number of ether oxygens (including phenoxy) is 1. The van der Waals surface area contributed by atoms with Gasteiger partial charge in [0.1, 0.15) is 29.5 Å². The van der Waals surface area contributed by atoms with Crippen molar-refractivity contribution in [2.24, 2.45) is 0 Å². The molecule has 0 unspecified atom stereocenters. The molecule has 4 aromatic rings. The lowest BCUT2D eigenvalue weighted by atomic mass is 10.1. The van der Waals surface area contributed by atoms with E-state index in [1.54, 1.807) is 56.8 Å². The van der Waals surface area contributed by atoms with Gasteiger partial charge in [0.25, 0.3) is 5.56 Å². The van der Waals surface area contributed by atoms with Crippen molar-refractivity contribution in [1.82, 2.24) is 24.5 Å². The summed E-state index contributed by atoms with van der Waals surface area (Å²) in [6.45, 7) is 6.40. The molecule has 1 fully saturated rings. The zero-order valence-electron chi connectivity index (χ0n) is 21.5. The molecule has 196 valence electrons. The average molecular weight is 520 g/mol. The number of hydrogen-bond donors (Lipinski definition) is 1. The molecule has 0 aromatic carbocycles. The topological polar surface area (TPSA) is 103 Å². The number of rotatable bonds is 7. The third-order valence-corrected chi connectivity index (χ3v) is 6.47. The number of aryl methyl sites for hydroxylation is 1. The number of nitrogens with zero attached hydrogens (tertiary/aromatic N) is 5. The van der Waals surface area contributed by atoms with Crippen LogP contribution in [0.15, 0.2) is 47.7 Å². The summed E-state index contributed by atoms with van der Waals surface area (Å²) in [7, 11) is 0. The van der Waals surface area contributed by atoms with Crippen molar-refractivity contribution >= 4 is 0 Å². The fourth-order valence-corrected chi connectivity index (χ4v) is 4.23. The maximum atomic E-state index is 14.0. The van der Waals surface area contributed by atoms with Crippen LogP contribution in [-0.2, 0) is 12.2 Å². The molecule has 0 saturated heterocycles. The van der Waals surface area contributed by atoms with E-state index in [2.05, 4.69) is 19.9 Å². The highest BCUT2D eigenvalue weighted by Gasteiger charge is 2.29. The maximum Gasteiger partial charge on any atom is 0.261 e. The van der Waals surface area contributed by atoms with E-state index in [1.807, 2.05) is 6.07 Å². The number of aromatic nitrogens is 5. The van der Waals surface area contributed by atoms with E-state index in [4.69, 9.17) is 4.74 Å². The average Bonchev–Trinajstić information content (AvgIpc) is 3.71. The highest BCUT2D eigenvalue weighted by molar-refractivity contribution is 5.61. The molecule has 0 bridgehead atoms. The summed E-state index contributed by atoms with van der Waals surface area (Å²) in [6, 6.07) is 5.99. The predicted molar refractivity (Wildman–Crippen MR) is 136 cm³/mol. The minimum absolute atomic E-state index is 0.0577. The van der Waals surface area contributed by atoms with Gasteiger partial charge in [0, 0.05) is 30.2 Å². The van der Waals surface area contributed by atoms with Crippen molar-refractivity contribution in [3.8, 4) is 22.8 Å². The van der Waals surface area contributed by atoms with Crippen LogP contribution in [0.4, 0.5) is 8.78 Å². The highest BCUT2D eigenvalue weighted by Crippen LogP contribution is 2.43. The van der Waals surface area contributed by atoms with Crippen LogP contribution >= 0.6 is 0 Å². The first kappa shape index (κ1) is 25.6. The van der Waals surface area contributed by atoms with Gasteiger partial charge in [-0.2, -0.15) is 0 Å². The fraction of sp³-hybridized carbons (Fsp3) is 0.321. The van der Waals surface area contributed by atoms with Gasteiger partial charge in [0.2, 0.25) is 0 Å². The minimum atomic E-state index is -1.22. The van der Waals surface area contributed by atoms with Crippen LogP contribution in [0, 0.1) is 25.5 Å². The van der Waals surface area contributed by atoms with Gasteiger partial charge in [-0.1, -0.05) is 0 Å². The monoisotopic (exact) mass is 519 g/mol. The largest absolute Gasteiger partial charge is 0.487 e. The summed E-state index contributed by atoms with van der Waals surface area (Å²) in [4.78, 5) is 30.6. The van der Waals surface area contributed by atoms with E-state index in [0.717, 1.165) is 30.7 Å². The molecule has 0 radical (unpaired) electrons. The SMILES string of the molecule is Cc1c(OCc2ncc(F)cc2F)cc(C)n(-c2cc(-c3ccnc(C(C)(C)O)n3)ncc2C2CC2)c1=O. The Bertz CT molecular complexity index is 1590. The molecule has 1 aliphatic carbocycles. The first-order chi connectivity index (χ1) is 18.0. The van der Waals surface area contributed by atoms with Crippen molar-refractivity contribution in [3.63, 3.8) is 0 Å². The first-order valence-electron chi connectivity index (χ1n) is 12.3. The Hall–Kier alpha value is -4.05. The summed E-state index contributed by atoms with van der Waals surface area (Å²) >= 11 is 0. The Morgan fingerprint density at radius 1 is 1.08 bits per heavy atom. The van der Waals surface area contributed by atoms with E-state index >= 15 is 0 Å². The van der Waals surface area contributed by atoms with Crippen LogP contribution in [0.3, 0.4) is 0 Å². The Kier molecular flexibility index (Phi) is 6.52. The fourth-order valence-electron chi connectivity index (χ4n) is 4.23. The lowest BCUT2D eigenvalue weighted by molar-refractivity contribution is 0.0688. The van der Waals surface area contributed by atoms with Gasteiger partial charge < -0.3 is 9.84 Å². The summed E-state index contributed by atoms with van der Waals surface area (Å²) in [6.07, 6.45) is 6.28. The Balaban J connectivity index is 1.55. The number of halogens is 2. The Morgan fingerprint density at radius 2 is 1.84 bits per heavy atom.